The molecule has 2 aromatic carbocycles. The van der Waals surface area contributed by atoms with Gasteiger partial charge in [0.1, 0.15) is 0 Å². The topological polar surface area (TPSA) is 76.0 Å². The second-order valence-corrected chi connectivity index (χ2v) is 5.96. The largest absolute Gasteiger partial charge is 0.329 e. The van der Waals surface area contributed by atoms with Gasteiger partial charge in [0.25, 0.3) is 5.56 Å². The maximum atomic E-state index is 12.9. The predicted octanol–water partition coefficient (Wildman–Crippen LogP) is 3.13. The number of carbonyl (C=O) groups excluding carboxylic acids is 1. The Morgan fingerprint density at radius 3 is 2.79 bits per heavy atom. The molecule has 4 rings (SSSR count). The van der Waals surface area contributed by atoms with E-state index in [9.17, 15) is 9.59 Å². The molecule has 1 aromatic heterocycles. The molecule has 24 heavy (non-hydrogen) atoms. The molecule has 3 aromatic rings. The van der Waals surface area contributed by atoms with Crippen molar-refractivity contribution in [2.75, 3.05) is 0 Å². The third kappa shape index (κ3) is 2.54. The Hall–Kier alpha value is -2.43. The van der Waals surface area contributed by atoms with Crippen LogP contribution in [0.2, 0.25) is 0 Å². The third-order valence-corrected chi connectivity index (χ3v) is 4.59. The van der Waals surface area contributed by atoms with Gasteiger partial charge in [0.05, 0.1) is 0 Å². The van der Waals surface area contributed by atoms with Gasteiger partial charge in [-0.05, 0) is 47.6 Å². The molecule has 0 radical (unpaired) electrons. The summed E-state index contributed by atoms with van der Waals surface area (Å²) in [6.45, 7) is 0. The van der Waals surface area contributed by atoms with Crippen molar-refractivity contribution < 1.29 is 4.79 Å². The van der Waals surface area contributed by atoms with E-state index in [4.69, 9.17) is 5.73 Å². The second kappa shape index (κ2) is 6.23. The molecule has 5 heteroatoms. The van der Waals surface area contributed by atoms with Crippen LogP contribution in [0, 0.1) is 0 Å². The minimum atomic E-state index is -0.183. The molecular formula is C19H17ClN2O2. The smallest absolute Gasteiger partial charge is 0.255 e. The molecule has 0 saturated carbocycles. The molecule has 0 unspecified atom stereocenters. The third-order valence-electron chi connectivity index (χ3n) is 4.59. The summed E-state index contributed by atoms with van der Waals surface area (Å²) in [6, 6.07) is 12.8. The molecule has 122 valence electrons. The number of rotatable bonds is 2. The zero-order valence-electron chi connectivity index (χ0n) is 12.9. The van der Waals surface area contributed by atoms with Gasteiger partial charge in [0.15, 0.2) is 5.78 Å². The summed E-state index contributed by atoms with van der Waals surface area (Å²) in [5.41, 5.74) is 9.35. The normalized spacial score (nSPS) is 15.8. The Labute approximate surface area is 145 Å². The van der Waals surface area contributed by atoms with Crippen molar-refractivity contribution in [2.24, 2.45) is 5.73 Å². The number of hydrogen-bond acceptors (Lipinski definition) is 3. The number of fused-ring (bicyclic) bond motifs is 2. The molecular weight excluding hydrogens is 324 g/mol. The quantitative estimate of drug-likeness (QED) is 0.704. The Morgan fingerprint density at radius 2 is 1.96 bits per heavy atom. The van der Waals surface area contributed by atoms with Gasteiger partial charge in [0, 0.05) is 28.8 Å². The number of halogens is 1. The van der Waals surface area contributed by atoms with Crippen molar-refractivity contribution in [3.8, 4) is 0 Å². The monoisotopic (exact) mass is 340 g/mol. The predicted molar refractivity (Wildman–Crippen MR) is 96.9 cm³/mol. The molecule has 1 aliphatic rings. The average Bonchev–Trinajstić information content (AvgIpc) is 2.95. The fourth-order valence-corrected chi connectivity index (χ4v) is 3.37. The van der Waals surface area contributed by atoms with Crippen LogP contribution in [0.1, 0.15) is 39.5 Å². The molecule has 4 nitrogen and oxygen atoms in total. The van der Waals surface area contributed by atoms with Crippen molar-refractivity contribution in [3.05, 3.63) is 81.3 Å². The van der Waals surface area contributed by atoms with Crippen LogP contribution < -0.4 is 11.3 Å². The lowest BCUT2D eigenvalue weighted by atomic mass is 9.96. The lowest BCUT2D eigenvalue weighted by molar-refractivity contribution is 0.104. The number of nitrogens with one attached hydrogen (secondary N) is 1. The van der Waals surface area contributed by atoms with E-state index in [1.807, 2.05) is 18.2 Å². The number of nitrogens with two attached hydrogens (primary N) is 1. The molecule has 1 atom stereocenters. The van der Waals surface area contributed by atoms with Crippen LogP contribution in [0.25, 0.3) is 10.8 Å². The van der Waals surface area contributed by atoms with Gasteiger partial charge >= 0.3 is 0 Å². The molecule has 3 N–H and O–H groups in total. The van der Waals surface area contributed by atoms with Crippen LogP contribution in [-0.2, 0) is 6.42 Å². The number of aromatic amines is 1. The Bertz CT molecular complexity index is 994. The first-order valence-corrected chi connectivity index (χ1v) is 7.68. The van der Waals surface area contributed by atoms with E-state index in [1.165, 1.54) is 0 Å². The fraction of sp³-hybridized carbons (Fsp3) is 0.158. The highest BCUT2D eigenvalue weighted by Crippen LogP contribution is 2.30. The minimum Gasteiger partial charge on any atom is -0.329 e. The number of aromatic nitrogens is 1. The summed E-state index contributed by atoms with van der Waals surface area (Å²) >= 11 is 0. The Kier molecular flexibility index (Phi) is 4.26. The maximum absolute atomic E-state index is 12.9. The molecule has 1 heterocycles. The lowest BCUT2D eigenvalue weighted by Crippen LogP contribution is -2.09. The number of hydrogen-bond donors (Lipinski definition) is 2. The van der Waals surface area contributed by atoms with E-state index in [1.54, 1.807) is 30.5 Å². The zero-order valence-corrected chi connectivity index (χ0v) is 13.7. The Morgan fingerprint density at radius 1 is 1.12 bits per heavy atom. The van der Waals surface area contributed by atoms with Gasteiger partial charge in [-0.2, -0.15) is 0 Å². The van der Waals surface area contributed by atoms with Crippen molar-refractivity contribution >= 4 is 29.0 Å². The summed E-state index contributed by atoms with van der Waals surface area (Å²) in [4.78, 5) is 27.4. The molecule has 0 spiro atoms. The highest BCUT2D eigenvalue weighted by Gasteiger charge is 2.21. The number of ketones is 1. The fourth-order valence-electron chi connectivity index (χ4n) is 3.37. The minimum absolute atomic E-state index is 0. The SMILES string of the molecule is Cl.N[C@H]1CCc2cc(C(=O)c3cccc4c(=O)[nH]ccc34)ccc21. The first-order valence-electron chi connectivity index (χ1n) is 7.68. The lowest BCUT2D eigenvalue weighted by Gasteiger charge is -2.08. The average molecular weight is 341 g/mol. The van der Waals surface area contributed by atoms with Gasteiger partial charge in [-0.1, -0.05) is 24.3 Å². The summed E-state index contributed by atoms with van der Waals surface area (Å²) < 4.78 is 0. The van der Waals surface area contributed by atoms with Crippen molar-refractivity contribution in [3.63, 3.8) is 0 Å². The molecule has 0 bridgehead atoms. The number of benzene rings is 2. The van der Waals surface area contributed by atoms with E-state index < -0.39 is 0 Å². The first kappa shape index (κ1) is 16.4. The van der Waals surface area contributed by atoms with Gasteiger partial charge in [-0.15, -0.1) is 12.4 Å². The molecule has 0 fully saturated rings. The van der Waals surface area contributed by atoms with Gasteiger partial charge in [-0.3, -0.25) is 9.59 Å². The second-order valence-electron chi connectivity index (χ2n) is 5.96. The maximum Gasteiger partial charge on any atom is 0.255 e. The molecule has 0 saturated heterocycles. The van der Waals surface area contributed by atoms with E-state index in [0.29, 0.717) is 21.9 Å². The number of carbonyl (C=O) groups is 1. The summed E-state index contributed by atoms with van der Waals surface area (Å²) in [7, 11) is 0. The van der Waals surface area contributed by atoms with E-state index >= 15 is 0 Å². The van der Waals surface area contributed by atoms with E-state index in [2.05, 4.69) is 4.98 Å². The van der Waals surface area contributed by atoms with E-state index in [0.717, 1.165) is 24.0 Å². The van der Waals surface area contributed by atoms with Crippen LogP contribution >= 0.6 is 12.4 Å². The highest BCUT2D eigenvalue weighted by molar-refractivity contribution is 6.16. The zero-order chi connectivity index (χ0) is 16.0. The van der Waals surface area contributed by atoms with Crippen LogP contribution in [0.3, 0.4) is 0 Å². The summed E-state index contributed by atoms with van der Waals surface area (Å²) in [6.07, 6.45) is 3.41. The highest BCUT2D eigenvalue weighted by atomic mass is 35.5. The number of H-pyrrole nitrogens is 1. The number of aryl methyl sites for hydroxylation is 1. The van der Waals surface area contributed by atoms with Crippen molar-refractivity contribution in [2.45, 2.75) is 18.9 Å². The van der Waals surface area contributed by atoms with E-state index in [-0.39, 0.29) is 29.8 Å². The van der Waals surface area contributed by atoms with Gasteiger partial charge in [-0.25, -0.2) is 0 Å². The summed E-state index contributed by atoms with van der Waals surface area (Å²) in [5.74, 6) is -0.0653. The van der Waals surface area contributed by atoms with Crippen molar-refractivity contribution in [1.82, 2.24) is 4.98 Å². The summed E-state index contributed by atoms with van der Waals surface area (Å²) in [5, 5.41) is 1.21. The van der Waals surface area contributed by atoms with Crippen molar-refractivity contribution in [1.29, 1.82) is 0 Å². The molecule has 0 amide bonds. The van der Waals surface area contributed by atoms with Crippen LogP contribution in [0.15, 0.2) is 53.5 Å². The first-order chi connectivity index (χ1) is 11.1. The molecule has 1 aliphatic carbocycles. The molecule has 0 aliphatic heterocycles. The number of pyridine rings is 1. The van der Waals surface area contributed by atoms with Gasteiger partial charge in [0.2, 0.25) is 0 Å². The standard InChI is InChI=1S/C19H16N2O2.ClH/c20-17-7-5-11-10-12(4-6-13(11)17)18(22)15-2-1-3-16-14(15)8-9-21-19(16)23;/h1-4,6,8-10,17H,5,7,20H2,(H,21,23);1H/t17-;/m0./s1. The van der Waals surface area contributed by atoms with Gasteiger partial charge < -0.3 is 10.7 Å². The van der Waals surface area contributed by atoms with Crippen LogP contribution in [0.4, 0.5) is 0 Å². The van der Waals surface area contributed by atoms with Crippen LogP contribution in [0.5, 0.6) is 0 Å². The Balaban J connectivity index is 0.00000169. The van der Waals surface area contributed by atoms with Crippen LogP contribution in [-0.4, -0.2) is 10.8 Å².